The lowest BCUT2D eigenvalue weighted by atomic mass is 10.1. The van der Waals surface area contributed by atoms with E-state index in [0.29, 0.717) is 24.7 Å². The third-order valence-corrected chi connectivity index (χ3v) is 4.86. The number of carbonyl (C=O) groups is 2. The number of aromatic nitrogens is 1. The molecule has 0 bridgehead atoms. The Morgan fingerprint density at radius 1 is 1.10 bits per heavy atom. The first-order chi connectivity index (χ1) is 14.1. The molecule has 0 aliphatic carbocycles. The number of rotatable bonds is 3. The zero-order chi connectivity index (χ0) is 20.2. The third kappa shape index (κ3) is 4.50. The van der Waals surface area contributed by atoms with Crippen LogP contribution in [-0.4, -0.2) is 59.9 Å². The lowest BCUT2D eigenvalue weighted by molar-refractivity contribution is -0.125. The van der Waals surface area contributed by atoms with E-state index in [-0.39, 0.29) is 12.3 Å². The minimum Gasteiger partial charge on any atom is -0.353 e. The number of hydrogen-bond donors (Lipinski definition) is 2. The quantitative estimate of drug-likeness (QED) is 0.815. The molecule has 2 aliphatic rings. The van der Waals surface area contributed by atoms with Gasteiger partial charge in [-0.3, -0.25) is 14.9 Å². The highest BCUT2D eigenvalue weighted by Crippen LogP contribution is 2.16. The Kier molecular flexibility index (Phi) is 5.37. The SMILES string of the molecule is O=C1CC(C(=O)Nc2cccc(F)c2)N=C(N2CCN(c3ccccn3)CC2)N1. The molecule has 1 fully saturated rings. The van der Waals surface area contributed by atoms with E-state index < -0.39 is 17.8 Å². The van der Waals surface area contributed by atoms with Gasteiger partial charge in [0.25, 0.3) is 0 Å². The summed E-state index contributed by atoms with van der Waals surface area (Å²) in [6.45, 7) is 2.75. The Morgan fingerprint density at radius 2 is 1.90 bits per heavy atom. The number of pyridine rings is 1. The minimum absolute atomic E-state index is 0.0431. The number of hydrogen-bond acceptors (Lipinski definition) is 6. The highest BCUT2D eigenvalue weighted by molar-refractivity contribution is 6.06. The highest BCUT2D eigenvalue weighted by Gasteiger charge is 2.30. The molecule has 2 aromatic rings. The maximum Gasteiger partial charge on any atom is 0.249 e. The number of anilines is 2. The number of amides is 2. The standard InChI is InChI=1S/C20H21FN6O2/c21-14-4-3-5-15(12-14)23-19(29)16-13-18(28)25-20(24-16)27-10-8-26(9-11-27)17-6-1-2-7-22-17/h1-7,12,16H,8-11,13H2,(H,23,29)(H,24,25,28). The van der Waals surface area contributed by atoms with Crippen molar-refractivity contribution >= 4 is 29.3 Å². The van der Waals surface area contributed by atoms with E-state index >= 15 is 0 Å². The monoisotopic (exact) mass is 396 g/mol. The molecule has 4 rings (SSSR count). The van der Waals surface area contributed by atoms with Crippen molar-refractivity contribution in [1.29, 1.82) is 0 Å². The first-order valence-corrected chi connectivity index (χ1v) is 9.43. The number of guanidine groups is 1. The molecule has 1 aromatic heterocycles. The maximum atomic E-state index is 13.3. The molecular weight excluding hydrogens is 375 g/mol. The molecule has 2 N–H and O–H groups in total. The number of benzene rings is 1. The molecule has 1 unspecified atom stereocenters. The van der Waals surface area contributed by atoms with Gasteiger partial charge < -0.3 is 15.1 Å². The van der Waals surface area contributed by atoms with E-state index in [1.807, 2.05) is 23.1 Å². The Morgan fingerprint density at radius 3 is 2.62 bits per heavy atom. The van der Waals surface area contributed by atoms with Crippen molar-refractivity contribution in [2.45, 2.75) is 12.5 Å². The van der Waals surface area contributed by atoms with Crippen LogP contribution in [0, 0.1) is 5.82 Å². The van der Waals surface area contributed by atoms with Gasteiger partial charge in [-0.05, 0) is 30.3 Å². The normalized spacial score (nSPS) is 19.4. The molecule has 0 saturated carbocycles. The van der Waals surface area contributed by atoms with Crippen LogP contribution in [0.5, 0.6) is 0 Å². The minimum atomic E-state index is -0.851. The molecule has 2 aliphatic heterocycles. The number of aliphatic imine (C=N–C) groups is 1. The van der Waals surface area contributed by atoms with Gasteiger partial charge in [0.1, 0.15) is 17.7 Å². The van der Waals surface area contributed by atoms with Gasteiger partial charge in [0.15, 0.2) is 0 Å². The van der Waals surface area contributed by atoms with Crippen molar-refractivity contribution in [3.63, 3.8) is 0 Å². The molecule has 1 atom stereocenters. The Hall–Kier alpha value is -3.49. The summed E-state index contributed by atoms with van der Waals surface area (Å²) in [7, 11) is 0. The summed E-state index contributed by atoms with van der Waals surface area (Å²) in [5, 5.41) is 5.39. The van der Waals surface area contributed by atoms with Crippen molar-refractivity contribution in [3.05, 3.63) is 54.5 Å². The van der Waals surface area contributed by atoms with Crippen LogP contribution in [0.3, 0.4) is 0 Å². The second kappa shape index (κ2) is 8.26. The molecule has 1 saturated heterocycles. The van der Waals surface area contributed by atoms with E-state index in [1.54, 1.807) is 12.3 Å². The van der Waals surface area contributed by atoms with Gasteiger partial charge in [-0.2, -0.15) is 0 Å². The first-order valence-electron chi connectivity index (χ1n) is 9.43. The van der Waals surface area contributed by atoms with Crippen molar-refractivity contribution in [2.75, 3.05) is 36.4 Å². The zero-order valence-corrected chi connectivity index (χ0v) is 15.7. The summed E-state index contributed by atoms with van der Waals surface area (Å²) in [4.78, 5) is 37.6. The predicted molar refractivity (Wildman–Crippen MR) is 107 cm³/mol. The number of halogens is 1. The van der Waals surface area contributed by atoms with Gasteiger partial charge >= 0.3 is 0 Å². The van der Waals surface area contributed by atoms with Crippen LogP contribution in [0.2, 0.25) is 0 Å². The fraction of sp³-hybridized carbons (Fsp3) is 0.300. The van der Waals surface area contributed by atoms with Gasteiger partial charge in [0, 0.05) is 38.1 Å². The summed E-state index contributed by atoms with van der Waals surface area (Å²) in [5.41, 5.74) is 0.335. The number of nitrogens with one attached hydrogen (secondary N) is 2. The van der Waals surface area contributed by atoms with Crippen LogP contribution in [0.4, 0.5) is 15.9 Å². The van der Waals surface area contributed by atoms with Gasteiger partial charge in [0.2, 0.25) is 17.8 Å². The summed E-state index contributed by atoms with van der Waals surface area (Å²) in [6, 6.07) is 10.5. The first kappa shape index (κ1) is 18.9. The van der Waals surface area contributed by atoms with E-state index in [4.69, 9.17) is 0 Å². The van der Waals surface area contributed by atoms with Crippen molar-refractivity contribution in [1.82, 2.24) is 15.2 Å². The number of piperazine rings is 1. The van der Waals surface area contributed by atoms with Gasteiger partial charge in [-0.1, -0.05) is 12.1 Å². The molecule has 0 spiro atoms. The maximum absolute atomic E-state index is 13.3. The average molecular weight is 396 g/mol. The Labute approximate surface area is 167 Å². The lowest BCUT2D eigenvalue weighted by Gasteiger charge is -2.38. The Balaban J connectivity index is 1.41. The summed E-state index contributed by atoms with van der Waals surface area (Å²) in [6.07, 6.45) is 1.72. The van der Waals surface area contributed by atoms with Gasteiger partial charge in [0.05, 0.1) is 6.42 Å². The molecule has 0 radical (unpaired) electrons. The van der Waals surface area contributed by atoms with Gasteiger partial charge in [-0.25, -0.2) is 14.4 Å². The molecule has 1 aromatic carbocycles. The molecular formula is C20H21FN6O2. The average Bonchev–Trinajstić information content (AvgIpc) is 2.74. The molecule has 150 valence electrons. The van der Waals surface area contributed by atoms with Crippen LogP contribution in [0.25, 0.3) is 0 Å². The number of nitrogens with zero attached hydrogens (tertiary/aromatic N) is 4. The van der Waals surface area contributed by atoms with Crippen LogP contribution in [-0.2, 0) is 9.59 Å². The predicted octanol–water partition coefficient (Wildman–Crippen LogP) is 1.23. The lowest BCUT2D eigenvalue weighted by Crippen LogP contribution is -2.56. The fourth-order valence-corrected chi connectivity index (χ4v) is 3.37. The molecule has 2 amide bonds. The summed E-state index contributed by atoms with van der Waals surface area (Å²) in [5.74, 6) is 0.172. The van der Waals surface area contributed by atoms with Crippen molar-refractivity contribution < 1.29 is 14.0 Å². The summed E-state index contributed by atoms with van der Waals surface area (Å²) >= 11 is 0. The van der Waals surface area contributed by atoms with E-state index in [9.17, 15) is 14.0 Å². The second-order valence-corrected chi connectivity index (χ2v) is 6.88. The van der Waals surface area contributed by atoms with E-state index in [2.05, 4.69) is 25.5 Å². The van der Waals surface area contributed by atoms with Gasteiger partial charge in [-0.15, -0.1) is 0 Å². The van der Waals surface area contributed by atoms with Crippen LogP contribution in [0.15, 0.2) is 53.7 Å². The Bertz CT molecular complexity index is 928. The molecule has 29 heavy (non-hydrogen) atoms. The zero-order valence-electron chi connectivity index (χ0n) is 15.7. The fourth-order valence-electron chi connectivity index (χ4n) is 3.37. The third-order valence-electron chi connectivity index (χ3n) is 4.86. The van der Waals surface area contributed by atoms with E-state index in [0.717, 1.165) is 18.9 Å². The van der Waals surface area contributed by atoms with Crippen LogP contribution in [0.1, 0.15) is 6.42 Å². The van der Waals surface area contributed by atoms with E-state index in [1.165, 1.54) is 18.2 Å². The second-order valence-electron chi connectivity index (χ2n) is 6.88. The number of carbonyl (C=O) groups excluding carboxylic acids is 2. The largest absolute Gasteiger partial charge is 0.353 e. The molecule has 8 nitrogen and oxygen atoms in total. The van der Waals surface area contributed by atoms with Crippen LogP contribution < -0.4 is 15.5 Å². The molecule has 9 heteroatoms. The topological polar surface area (TPSA) is 89.9 Å². The molecule has 3 heterocycles. The smallest absolute Gasteiger partial charge is 0.249 e. The highest BCUT2D eigenvalue weighted by atomic mass is 19.1. The van der Waals surface area contributed by atoms with Crippen molar-refractivity contribution in [3.8, 4) is 0 Å². The summed E-state index contributed by atoms with van der Waals surface area (Å²) < 4.78 is 13.3. The van der Waals surface area contributed by atoms with Crippen LogP contribution >= 0.6 is 0 Å². The van der Waals surface area contributed by atoms with Crippen molar-refractivity contribution in [2.24, 2.45) is 4.99 Å².